The molecule has 1 unspecified atom stereocenters. The Balaban J connectivity index is 2.00. The minimum absolute atomic E-state index is 0.0561. The van der Waals surface area contributed by atoms with E-state index in [1.165, 1.54) is 0 Å². The van der Waals surface area contributed by atoms with Crippen LogP contribution in [0.15, 0.2) is 55.2 Å². The number of hydrogen-bond acceptors (Lipinski definition) is 4. The fraction of sp³-hybridized carbons (Fsp3) is 0.389. The van der Waals surface area contributed by atoms with Gasteiger partial charge in [-0.05, 0) is 57.2 Å². The van der Waals surface area contributed by atoms with Crippen molar-refractivity contribution in [2.75, 3.05) is 18.8 Å². The average molecular weight is 442 g/mol. The van der Waals surface area contributed by atoms with E-state index in [1.54, 1.807) is 24.3 Å². The van der Waals surface area contributed by atoms with Crippen LogP contribution >= 0.6 is 15.9 Å². The van der Waals surface area contributed by atoms with Gasteiger partial charge in [-0.2, -0.15) is 0 Å². The highest BCUT2D eigenvalue weighted by atomic mass is 79.9. The molecular formula is C18H24BrN3O3S. The minimum Gasteiger partial charge on any atom is -0.464 e. The Morgan fingerprint density at radius 2 is 1.92 bits per heavy atom. The molecule has 1 aromatic heterocycles. The Kier molecular flexibility index (Phi) is 7.28. The number of aryl methyl sites for hydroxylation is 1. The third-order valence-electron chi connectivity index (χ3n) is 3.69. The number of benzene rings is 1. The normalized spacial score (nSPS) is 13.5. The van der Waals surface area contributed by atoms with E-state index in [-0.39, 0.29) is 18.3 Å². The molecule has 2 N–H and O–H groups in total. The molecule has 1 atom stereocenters. The summed E-state index contributed by atoms with van der Waals surface area (Å²) in [6, 6.07) is 10.4. The van der Waals surface area contributed by atoms with Crippen molar-refractivity contribution in [2.24, 2.45) is 4.99 Å². The van der Waals surface area contributed by atoms with Crippen LogP contribution in [0.25, 0.3) is 0 Å². The number of furan rings is 1. The lowest BCUT2D eigenvalue weighted by atomic mass is 10.2. The molecule has 6 nitrogen and oxygen atoms in total. The van der Waals surface area contributed by atoms with Crippen LogP contribution in [-0.2, 0) is 9.84 Å². The molecular weight excluding hydrogens is 418 g/mol. The van der Waals surface area contributed by atoms with Gasteiger partial charge in [-0.25, -0.2) is 8.42 Å². The van der Waals surface area contributed by atoms with Gasteiger partial charge in [-0.15, -0.1) is 0 Å². The molecule has 142 valence electrons. The van der Waals surface area contributed by atoms with Crippen molar-refractivity contribution in [2.45, 2.75) is 31.7 Å². The second kappa shape index (κ2) is 9.23. The molecule has 0 saturated carbocycles. The van der Waals surface area contributed by atoms with Gasteiger partial charge in [-0.1, -0.05) is 15.9 Å². The van der Waals surface area contributed by atoms with E-state index in [2.05, 4.69) is 31.6 Å². The molecule has 0 aliphatic carbocycles. The first-order chi connectivity index (χ1) is 12.3. The van der Waals surface area contributed by atoms with Crippen molar-refractivity contribution in [3.63, 3.8) is 0 Å². The topological polar surface area (TPSA) is 83.7 Å². The van der Waals surface area contributed by atoms with Crippen molar-refractivity contribution in [1.82, 2.24) is 10.6 Å². The number of rotatable bonds is 7. The van der Waals surface area contributed by atoms with Crippen LogP contribution in [0.1, 0.15) is 31.4 Å². The van der Waals surface area contributed by atoms with E-state index >= 15 is 0 Å². The number of nitrogens with one attached hydrogen (secondary N) is 2. The zero-order chi connectivity index (χ0) is 19.2. The minimum atomic E-state index is -3.37. The standard InChI is InChI=1S/C18H24BrN3O3S/c1-4-20-18(22-14(3)17-10-5-13(2)25-17)21-11-12-26(23,24)16-8-6-15(19)7-9-16/h5-10,14H,4,11-12H2,1-3H3,(H2,20,21,22). The van der Waals surface area contributed by atoms with Crippen LogP contribution in [0, 0.1) is 6.92 Å². The molecule has 1 heterocycles. The monoisotopic (exact) mass is 441 g/mol. The molecule has 8 heteroatoms. The van der Waals surface area contributed by atoms with Crippen molar-refractivity contribution in [3.8, 4) is 0 Å². The van der Waals surface area contributed by atoms with E-state index in [0.29, 0.717) is 17.4 Å². The molecule has 1 aromatic carbocycles. The second-order valence-corrected chi connectivity index (χ2v) is 8.87. The first-order valence-electron chi connectivity index (χ1n) is 8.41. The van der Waals surface area contributed by atoms with Gasteiger partial charge in [0.25, 0.3) is 0 Å². The summed E-state index contributed by atoms with van der Waals surface area (Å²) in [6.45, 7) is 6.65. The number of halogens is 1. The summed E-state index contributed by atoms with van der Waals surface area (Å²) in [6.07, 6.45) is 0. The predicted molar refractivity (Wildman–Crippen MR) is 107 cm³/mol. The van der Waals surface area contributed by atoms with Crippen LogP contribution in [0.4, 0.5) is 0 Å². The smallest absolute Gasteiger partial charge is 0.191 e. The molecule has 0 bridgehead atoms. The maximum Gasteiger partial charge on any atom is 0.191 e. The Morgan fingerprint density at radius 1 is 1.23 bits per heavy atom. The van der Waals surface area contributed by atoms with Crippen LogP contribution in [-0.4, -0.2) is 33.2 Å². The second-order valence-electron chi connectivity index (χ2n) is 5.85. The lowest BCUT2D eigenvalue weighted by molar-refractivity contribution is 0.441. The van der Waals surface area contributed by atoms with Gasteiger partial charge in [0, 0.05) is 11.0 Å². The molecule has 0 fully saturated rings. The molecule has 0 saturated heterocycles. The summed E-state index contributed by atoms with van der Waals surface area (Å²) in [4.78, 5) is 4.68. The van der Waals surface area contributed by atoms with Crippen LogP contribution in [0.5, 0.6) is 0 Å². The molecule has 0 aliphatic rings. The lowest BCUT2D eigenvalue weighted by Crippen LogP contribution is -2.39. The van der Waals surface area contributed by atoms with E-state index in [4.69, 9.17) is 4.42 Å². The van der Waals surface area contributed by atoms with Crippen LogP contribution in [0.3, 0.4) is 0 Å². The highest BCUT2D eigenvalue weighted by molar-refractivity contribution is 9.10. The SMILES string of the molecule is CCNC(=NCCS(=O)(=O)c1ccc(Br)cc1)NC(C)c1ccc(C)o1. The van der Waals surface area contributed by atoms with Crippen LogP contribution < -0.4 is 10.6 Å². The molecule has 26 heavy (non-hydrogen) atoms. The van der Waals surface area contributed by atoms with Gasteiger partial charge in [-0.3, -0.25) is 4.99 Å². The highest BCUT2D eigenvalue weighted by Gasteiger charge is 2.15. The number of guanidine groups is 1. The van der Waals surface area contributed by atoms with E-state index < -0.39 is 9.84 Å². The third-order valence-corrected chi connectivity index (χ3v) is 5.93. The lowest BCUT2D eigenvalue weighted by Gasteiger charge is -2.16. The largest absolute Gasteiger partial charge is 0.464 e. The summed E-state index contributed by atoms with van der Waals surface area (Å²) in [5.74, 6) is 2.14. The molecule has 2 rings (SSSR count). The number of nitrogens with zero attached hydrogens (tertiary/aromatic N) is 1. The van der Waals surface area contributed by atoms with E-state index in [9.17, 15) is 8.42 Å². The van der Waals surface area contributed by atoms with Gasteiger partial charge in [0.2, 0.25) is 0 Å². The molecule has 0 amide bonds. The Hall–Kier alpha value is -1.80. The quantitative estimate of drug-likeness (QED) is 0.507. The number of sulfone groups is 1. The molecule has 2 aromatic rings. The van der Waals surface area contributed by atoms with Gasteiger partial charge < -0.3 is 15.1 Å². The Morgan fingerprint density at radius 3 is 2.50 bits per heavy atom. The van der Waals surface area contributed by atoms with Crippen molar-refractivity contribution >= 4 is 31.7 Å². The molecule has 0 radical (unpaired) electrons. The number of hydrogen-bond donors (Lipinski definition) is 2. The molecule has 0 aliphatic heterocycles. The summed E-state index contributed by atoms with van der Waals surface area (Å²) in [7, 11) is -3.37. The van der Waals surface area contributed by atoms with Gasteiger partial charge in [0.05, 0.1) is 23.2 Å². The first-order valence-corrected chi connectivity index (χ1v) is 10.9. The third kappa shape index (κ3) is 5.88. The van der Waals surface area contributed by atoms with Crippen molar-refractivity contribution in [1.29, 1.82) is 0 Å². The maximum absolute atomic E-state index is 12.4. The summed E-state index contributed by atoms with van der Waals surface area (Å²) in [5.41, 5.74) is 0. The van der Waals surface area contributed by atoms with Gasteiger partial charge >= 0.3 is 0 Å². The average Bonchev–Trinajstić information content (AvgIpc) is 3.02. The van der Waals surface area contributed by atoms with Crippen LogP contribution in [0.2, 0.25) is 0 Å². The van der Waals surface area contributed by atoms with E-state index in [0.717, 1.165) is 16.0 Å². The summed E-state index contributed by atoms with van der Waals surface area (Å²) in [5, 5.41) is 6.34. The zero-order valence-corrected chi connectivity index (χ0v) is 17.5. The van der Waals surface area contributed by atoms with Crippen molar-refractivity contribution in [3.05, 3.63) is 52.4 Å². The van der Waals surface area contributed by atoms with Gasteiger partial charge in [0.15, 0.2) is 15.8 Å². The maximum atomic E-state index is 12.4. The molecule has 0 spiro atoms. The highest BCUT2D eigenvalue weighted by Crippen LogP contribution is 2.16. The summed E-state index contributed by atoms with van der Waals surface area (Å²) >= 11 is 3.30. The zero-order valence-electron chi connectivity index (χ0n) is 15.1. The summed E-state index contributed by atoms with van der Waals surface area (Å²) < 4.78 is 31.2. The fourth-order valence-corrected chi connectivity index (χ4v) is 3.70. The van der Waals surface area contributed by atoms with E-state index in [1.807, 2.05) is 32.9 Å². The predicted octanol–water partition coefficient (Wildman–Crippen LogP) is 3.44. The fourth-order valence-electron chi connectivity index (χ4n) is 2.32. The van der Waals surface area contributed by atoms with Crippen molar-refractivity contribution < 1.29 is 12.8 Å². The Bertz CT molecular complexity index is 845. The van der Waals surface area contributed by atoms with Gasteiger partial charge in [0.1, 0.15) is 11.5 Å². The Labute approximate surface area is 163 Å². The number of aliphatic imine (C=N–C) groups is 1. The first kappa shape index (κ1) is 20.5.